The molecule has 0 saturated carbocycles. The second-order valence-corrected chi connectivity index (χ2v) is 3.93. The Labute approximate surface area is 73.3 Å². The van der Waals surface area contributed by atoms with Gasteiger partial charge in [-0.05, 0) is 12.8 Å². The van der Waals surface area contributed by atoms with E-state index < -0.39 is 0 Å². The highest BCUT2D eigenvalue weighted by atomic mass is 16.2. The van der Waals surface area contributed by atoms with E-state index in [-0.39, 0.29) is 0 Å². The van der Waals surface area contributed by atoms with Crippen molar-refractivity contribution in [3.05, 3.63) is 0 Å². The fourth-order valence-corrected chi connectivity index (χ4v) is 2.35. The molecule has 2 aliphatic rings. The maximum absolute atomic E-state index is 11.5. The zero-order valence-electron chi connectivity index (χ0n) is 7.68. The quantitative estimate of drug-likeness (QED) is 0.500. The molecule has 0 spiro atoms. The van der Waals surface area contributed by atoms with Crippen molar-refractivity contribution in [2.75, 3.05) is 6.54 Å². The maximum Gasteiger partial charge on any atom is 0.386 e. The average Bonchev–Trinajstić information content (AvgIpc) is 2.07. The number of hydrogen-bond donors (Lipinski definition) is 0. The number of amides is 1. The predicted molar refractivity (Wildman–Crippen MR) is 47.4 cm³/mol. The zero-order chi connectivity index (χ0) is 8.55. The Morgan fingerprint density at radius 2 is 2.17 bits per heavy atom. The molecular weight excluding hydrogens is 150 g/mol. The minimum Gasteiger partial charge on any atom is -0.220 e. The molecule has 1 amide bonds. The second kappa shape index (κ2) is 3.00. The summed E-state index contributed by atoms with van der Waals surface area (Å²) in [6.07, 6.45) is 5.48. The van der Waals surface area contributed by atoms with Gasteiger partial charge in [-0.15, -0.1) is 0 Å². The first-order valence-electron chi connectivity index (χ1n) is 4.95. The Kier molecular flexibility index (Phi) is 1.99. The van der Waals surface area contributed by atoms with Crippen LogP contribution in [0.3, 0.4) is 0 Å². The molecular formula is C10H16NO+. The Balaban J connectivity index is 2.33. The summed E-state index contributed by atoms with van der Waals surface area (Å²) in [5.74, 6) is 1.02. The van der Waals surface area contributed by atoms with E-state index in [1.54, 1.807) is 0 Å². The third-order valence-electron chi connectivity index (χ3n) is 3.06. The van der Waals surface area contributed by atoms with Crippen molar-refractivity contribution in [2.24, 2.45) is 5.92 Å². The lowest BCUT2D eigenvalue weighted by molar-refractivity contribution is -0.461. The number of carbonyl (C=O) groups is 1. The first-order valence-corrected chi connectivity index (χ1v) is 4.95. The van der Waals surface area contributed by atoms with Crippen molar-refractivity contribution in [1.29, 1.82) is 0 Å². The van der Waals surface area contributed by atoms with Crippen molar-refractivity contribution in [3.8, 4) is 0 Å². The standard InChI is InChI=1S/C10H16NO/c1-8-4-3-7-11-9(8)5-2-6-10(11)12/h8H,2-7H2,1H3/q+1. The molecule has 0 saturated heterocycles. The van der Waals surface area contributed by atoms with Crippen molar-refractivity contribution in [2.45, 2.75) is 39.0 Å². The third kappa shape index (κ3) is 1.19. The highest BCUT2D eigenvalue weighted by Crippen LogP contribution is 2.21. The van der Waals surface area contributed by atoms with E-state index in [4.69, 9.17) is 0 Å². The SMILES string of the molecule is CC1CCC[N+]2=C1CCCC2=O. The first-order chi connectivity index (χ1) is 5.79. The van der Waals surface area contributed by atoms with Crippen LogP contribution in [-0.4, -0.2) is 22.7 Å². The molecule has 0 aromatic heterocycles. The minimum absolute atomic E-state index is 0.364. The lowest BCUT2D eigenvalue weighted by atomic mass is 9.90. The van der Waals surface area contributed by atoms with Crippen LogP contribution in [0, 0.1) is 5.92 Å². The highest BCUT2D eigenvalue weighted by molar-refractivity contribution is 5.89. The van der Waals surface area contributed by atoms with Gasteiger partial charge in [-0.3, -0.25) is 0 Å². The summed E-state index contributed by atoms with van der Waals surface area (Å²) in [6, 6.07) is 0. The lowest BCUT2D eigenvalue weighted by Gasteiger charge is -2.21. The molecule has 12 heavy (non-hydrogen) atoms. The topological polar surface area (TPSA) is 20.1 Å². The molecule has 0 aliphatic carbocycles. The van der Waals surface area contributed by atoms with Gasteiger partial charge < -0.3 is 0 Å². The smallest absolute Gasteiger partial charge is 0.220 e. The summed E-state index contributed by atoms with van der Waals surface area (Å²) in [6.45, 7) is 3.23. The van der Waals surface area contributed by atoms with Gasteiger partial charge in [0.05, 0.1) is 6.42 Å². The molecule has 66 valence electrons. The van der Waals surface area contributed by atoms with Gasteiger partial charge in [0.25, 0.3) is 0 Å². The van der Waals surface area contributed by atoms with Crippen LogP contribution >= 0.6 is 0 Å². The second-order valence-electron chi connectivity index (χ2n) is 3.93. The fourth-order valence-electron chi connectivity index (χ4n) is 2.35. The molecule has 2 nitrogen and oxygen atoms in total. The van der Waals surface area contributed by atoms with Crippen LogP contribution in [0.1, 0.15) is 39.0 Å². The predicted octanol–water partition coefficient (Wildman–Crippen LogP) is 1.58. The largest absolute Gasteiger partial charge is 0.386 e. The van der Waals surface area contributed by atoms with Crippen LogP contribution in [0.4, 0.5) is 0 Å². The average molecular weight is 166 g/mol. The van der Waals surface area contributed by atoms with Gasteiger partial charge in [0.2, 0.25) is 0 Å². The van der Waals surface area contributed by atoms with Crippen LogP contribution in [-0.2, 0) is 4.79 Å². The van der Waals surface area contributed by atoms with Gasteiger partial charge in [0.15, 0.2) is 12.3 Å². The molecule has 1 atom stereocenters. The Morgan fingerprint density at radius 3 is 2.92 bits per heavy atom. The molecule has 2 heterocycles. The molecule has 1 unspecified atom stereocenters. The van der Waals surface area contributed by atoms with Gasteiger partial charge in [0, 0.05) is 18.8 Å². The van der Waals surface area contributed by atoms with Crippen molar-refractivity contribution in [3.63, 3.8) is 0 Å². The summed E-state index contributed by atoms with van der Waals surface area (Å²) in [5.41, 5.74) is 1.41. The van der Waals surface area contributed by atoms with Crippen LogP contribution in [0.15, 0.2) is 0 Å². The van der Waals surface area contributed by atoms with E-state index in [9.17, 15) is 4.79 Å². The molecule has 2 aliphatic heterocycles. The minimum atomic E-state index is 0.364. The summed E-state index contributed by atoms with van der Waals surface area (Å²) < 4.78 is 2.04. The first kappa shape index (κ1) is 7.96. The molecule has 0 bridgehead atoms. The van der Waals surface area contributed by atoms with Crippen LogP contribution in [0.2, 0.25) is 0 Å². The Hall–Kier alpha value is -0.660. The number of hydrogen-bond acceptors (Lipinski definition) is 1. The normalized spacial score (nSPS) is 30.4. The lowest BCUT2D eigenvalue weighted by Crippen LogP contribution is -2.39. The highest BCUT2D eigenvalue weighted by Gasteiger charge is 2.34. The van der Waals surface area contributed by atoms with E-state index in [0.29, 0.717) is 11.8 Å². The van der Waals surface area contributed by atoms with E-state index in [2.05, 4.69) is 6.92 Å². The van der Waals surface area contributed by atoms with Crippen LogP contribution in [0.25, 0.3) is 0 Å². The molecule has 2 rings (SSSR count). The van der Waals surface area contributed by atoms with Crippen molar-refractivity contribution in [1.82, 2.24) is 0 Å². The van der Waals surface area contributed by atoms with Gasteiger partial charge in [-0.25, -0.2) is 4.79 Å². The zero-order valence-corrected chi connectivity index (χ0v) is 7.68. The van der Waals surface area contributed by atoms with Gasteiger partial charge in [-0.1, -0.05) is 6.92 Å². The monoisotopic (exact) mass is 166 g/mol. The molecule has 0 N–H and O–H groups in total. The summed E-state index contributed by atoms with van der Waals surface area (Å²) in [5, 5.41) is 0. The number of carbonyl (C=O) groups excluding carboxylic acids is 1. The third-order valence-corrected chi connectivity index (χ3v) is 3.06. The molecule has 0 fully saturated rings. The summed E-state index contributed by atoms with van der Waals surface area (Å²) in [4.78, 5) is 11.5. The van der Waals surface area contributed by atoms with E-state index in [0.717, 1.165) is 25.8 Å². The Bertz CT molecular complexity index is 242. The van der Waals surface area contributed by atoms with Gasteiger partial charge >= 0.3 is 5.91 Å². The van der Waals surface area contributed by atoms with Crippen LogP contribution in [0.5, 0.6) is 0 Å². The fraction of sp³-hybridized carbons (Fsp3) is 0.800. The molecule has 2 heteroatoms. The van der Waals surface area contributed by atoms with Gasteiger partial charge in [-0.2, -0.15) is 4.58 Å². The maximum atomic E-state index is 11.5. The van der Waals surface area contributed by atoms with Crippen LogP contribution < -0.4 is 0 Å². The van der Waals surface area contributed by atoms with Crippen molar-refractivity contribution < 1.29 is 9.37 Å². The van der Waals surface area contributed by atoms with E-state index >= 15 is 0 Å². The molecule has 0 radical (unpaired) electrons. The summed E-state index contributed by atoms with van der Waals surface area (Å²) >= 11 is 0. The number of nitrogens with zero attached hydrogens (tertiary/aromatic N) is 1. The Morgan fingerprint density at radius 1 is 1.33 bits per heavy atom. The van der Waals surface area contributed by atoms with Gasteiger partial charge in [0.1, 0.15) is 0 Å². The molecule has 0 aromatic rings. The molecule has 0 aromatic carbocycles. The van der Waals surface area contributed by atoms with Crippen molar-refractivity contribution >= 4 is 11.6 Å². The number of rotatable bonds is 0. The van der Waals surface area contributed by atoms with E-state index in [1.165, 1.54) is 18.6 Å². The summed E-state index contributed by atoms with van der Waals surface area (Å²) in [7, 11) is 0. The van der Waals surface area contributed by atoms with E-state index in [1.807, 2.05) is 4.58 Å².